The number of fused-ring (bicyclic) bond motifs is 2. The molecule has 1 fully saturated rings. The van der Waals surface area contributed by atoms with Crippen LogP contribution in [-0.2, 0) is 12.8 Å². The normalized spacial score (nSPS) is 21.2. The minimum absolute atomic E-state index is 0.0251. The van der Waals surface area contributed by atoms with Gasteiger partial charge in [0.2, 0.25) is 5.75 Å². The van der Waals surface area contributed by atoms with Gasteiger partial charge in [-0.15, -0.1) is 0 Å². The fraction of sp³-hybridized carbons (Fsp3) is 0.514. The summed E-state index contributed by atoms with van der Waals surface area (Å²) in [6, 6.07) is 8.11. The van der Waals surface area contributed by atoms with Gasteiger partial charge in [-0.1, -0.05) is 26.2 Å². The number of hydrogen-bond acceptors (Lipinski definition) is 10. The zero-order valence-electron chi connectivity index (χ0n) is 27.8. The highest BCUT2D eigenvalue weighted by Gasteiger charge is 2.41. The Morgan fingerprint density at radius 1 is 0.872 bits per heavy atom. The van der Waals surface area contributed by atoms with Crippen LogP contribution >= 0.6 is 0 Å². The molecule has 3 aromatic rings. The van der Waals surface area contributed by atoms with Crippen LogP contribution in [0.2, 0.25) is 0 Å². The van der Waals surface area contributed by atoms with Gasteiger partial charge in [0.05, 0.1) is 40.1 Å². The predicted octanol–water partition coefficient (Wildman–Crippen LogP) is 5.73. The lowest BCUT2D eigenvalue weighted by Crippen LogP contribution is -2.38. The van der Waals surface area contributed by atoms with Gasteiger partial charge in [0, 0.05) is 58.6 Å². The molecule has 252 valence electrons. The fourth-order valence-electron chi connectivity index (χ4n) is 8.07. The summed E-state index contributed by atoms with van der Waals surface area (Å²) in [7, 11) is 4.73. The van der Waals surface area contributed by atoms with E-state index in [0.29, 0.717) is 18.5 Å². The molecule has 0 aromatic heterocycles. The van der Waals surface area contributed by atoms with Gasteiger partial charge in [0.15, 0.2) is 11.5 Å². The van der Waals surface area contributed by atoms with Crippen LogP contribution in [0.3, 0.4) is 0 Å². The number of aliphatic hydroxyl groups is 1. The molecule has 10 nitrogen and oxygen atoms in total. The first-order valence-electron chi connectivity index (χ1n) is 17.0. The zero-order chi connectivity index (χ0) is 32.7. The van der Waals surface area contributed by atoms with Gasteiger partial charge < -0.3 is 44.5 Å². The van der Waals surface area contributed by atoms with Gasteiger partial charge in [-0.2, -0.15) is 0 Å². The summed E-state index contributed by atoms with van der Waals surface area (Å²) in [5.74, 6) is 2.44. The van der Waals surface area contributed by atoms with Crippen molar-refractivity contribution >= 4 is 5.69 Å². The molecule has 4 aliphatic rings. The van der Waals surface area contributed by atoms with E-state index in [1.54, 1.807) is 19.2 Å². The molecule has 0 amide bonds. The first-order chi connectivity index (χ1) is 23.0. The Labute approximate surface area is 276 Å². The molecule has 10 heteroatoms. The lowest BCUT2D eigenvalue weighted by Gasteiger charge is -2.41. The maximum Gasteiger partial charge on any atom is 0.200 e. The molecular formula is C37H47N3O7. The number of nitrogens with one attached hydrogen (secondary N) is 3. The molecule has 0 spiro atoms. The van der Waals surface area contributed by atoms with Crippen molar-refractivity contribution in [1.82, 2.24) is 10.6 Å². The number of methoxy groups -OCH3 is 3. The van der Waals surface area contributed by atoms with E-state index in [1.165, 1.54) is 51.9 Å². The number of aliphatic hydroxyl groups excluding tert-OH is 1. The number of phenols is 1. The van der Waals surface area contributed by atoms with Gasteiger partial charge in [-0.25, -0.2) is 0 Å². The molecule has 5 N–H and O–H groups in total. The minimum Gasteiger partial charge on any atom is -0.502 e. The minimum atomic E-state index is -0.844. The van der Waals surface area contributed by atoms with Crippen molar-refractivity contribution in [3.05, 3.63) is 52.1 Å². The molecule has 7 rings (SSSR count). The quantitative estimate of drug-likeness (QED) is 0.131. The molecule has 1 saturated carbocycles. The highest BCUT2D eigenvalue weighted by molar-refractivity contribution is 5.94. The van der Waals surface area contributed by atoms with Crippen molar-refractivity contribution in [2.45, 2.75) is 76.0 Å². The standard InChI is InChI=1S/C37H47N3O7/c1-5-38-19-47-29-16-27(43-2)22-11-12-23-32-25(40-26(35(29)34(22)32)17-39-21-9-7-6-8-10-21)15-28-33(23)36(41)24(18-46-28)20-13-30(44-3)37(42)31(14-20)45-4/h13-16,21,24,26,36,38-42H,5-12,17-19H2,1-4H3. The third-order valence-electron chi connectivity index (χ3n) is 10.4. The smallest absolute Gasteiger partial charge is 0.200 e. The van der Waals surface area contributed by atoms with E-state index in [4.69, 9.17) is 23.7 Å². The number of hydrogen-bond donors (Lipinski definition) is 5. The van der Waals surface area contributed by atoms with Gasteiger partial charge in [0.1, 0.15) is 24.0 Å². The molecule has 0 bridgehead atoms. The van der Waals surface area contributed by atoms with Crippen molar-refractivity contribution < 1.29 is 33.9 Å². The summed E-state index contributed by atoms with van der Waals surface area (Å²) in [4.78, 5) is 0. The van der Waals surface area contributed by atoms with Gasteiger partial charge in [-0.05, 0) is 61.1 Å². The van der Waals surface area contributed by atoms with E-state index in [2.05, 4.69) is 35.0 Å². The van der Waals surface area contributed by atoms with Crippen molar-refractivity contribution in [3.63, 3.8) is 0 Å². The fourth-order valence-corrected chi connectivity index (χ4v) is 8.07. The lowest BCUT2D eigenvalue weighted by atomic mass is 9.73. The summed E-state index contributed by atoms with van der Waals surface area (Å²) >= 11 is 0. The van der Waals surface area contributed by atoms with Crippen LogP contribution < -0.4 is 39.6 Å². The average Bonchev–Trinajstić information content (AvgIpc) is 3.10. The molecule has 3 unspecified atom stereocenters. The van der Waals surface area contributed by atoms with Crippen LogP contribution in [0, 0.1) is 0 Å². The van der Waals surface area contributed by atoms with Crippen molar-refractivity contribution in [2.24, 2.45) is 0 Å². The maximum atomic E-state index is 12.1. The first-order valence-corrected chi connectivity index (χ1v) is 17.0. The summed E-state index contributed by atoms with van der Waals surface area (Å²) in [6.45, 7) is 4.30. The Bertz CT molecular complexity index is 1610. The second-order valence-electron chi connectivity index (χ2n) is 13.0. The molecule has 0 radical (unpaired) electrons. The average molecular weight is 646 g/mol. The summed E-state index contributed by atoms with van der Waals surface area (Å²) < 4.78 is 29.7. The van der Waals surface area contributed by atoms with Crippen LogP contribution in [0.25, 0.3) is 11.1 Å². The van der Waals surface area contributed by atoms with E-state index in [9.17, 15) is 10.2 Å². The topological polar surface area (TPSA) is 123 Å². The number of anilines is 1. The second kappa shape index (κ2) is 13.3. The second-order valence-corrected chi connectivity index (χ2v) is 13.0. The van der Waals surface area contributed by atoms with E-state index in [0.717, 1.165) is 76.5 Å². The Morgan fingerprint density at radius 2 is 1.60 bits per heavy atom. The van der Waals surface area contributed by atoms with Crippen LogP contribution in [0.15, 0.2) is 24.3 Å². The molecule has 3 aromatic carbocycles. The Kier molecular flexibility index (Phi) is 9.00. The van der Waals surface area contributed by atoms with E-state index >= 15 is 0 Å². The van der Waals surface area contributed by atoms with Gasteiger partial charge in [-0.3, -0.25) is 5.32 Å². The Hall–Kier alpha value is -3.86. The number of benzene rings is 3. The van der Waals surface area contributed by atoms with Gasteiger partial charge in [0.25, 0.3) is 0 Å². The first kappa shape index (κ1) is 31.7. The highest BCUT2D eigenvalue weighted by atomic mass is 16.5. The molecule has 0 saturated heterocycles. The van der Waals surface area contributed by atoms with E-state index in [1.807, 2.05) is 0 Å². The Balaban J connectivity index is 1.34. The third-order valence-corrected chi connectivity index (χ3v) is 10.4. The summed E-state index contributed by atoms with van der Waals surface area (Å²) in [6.07, 6.45) is 6.92. The van der Waals surface area contributed by atoms with Crippen LogP contribution in [0.5, 0.6) is 34.5 Å². The van der Waals surface area contributed by atoms with Crippen LogP contribution in [0.1, 0.15) is 84.9 Å². The zero-order valence-corrected chi connectivity index (χ0v) is 27.8. The van der Waals surface area contributed by atoms with Crippen LogP contribution in [0.4, 0.5) is 5.69 Å². The number of aromatic hydroxyl groups is 1. The summed E-state index contributed by atoms with van der Waals surface area (Å²) in [5.41, 5.74) is 8.20. The molecule has 3 atom stereocenters. The lowest BCUT2D eigenvalue weighted by molar-refractivity contribution is 0.0878. The molecule has 2 aliphatic carbocycles. The summed E-state index contributed by atoms with van der Waals surface area (Å²) in [5, 5.41) is 33.7. The van der Waals surface area contributed by atoms with E-state index < -0.39 is 12.0 Å². The van der Waals surface area contributed by atoms with Crippen molar-refractivity contribution in [1.29, 1.82) is 0 Å². The van der Waals surface area contributed by atoms with Crippen LogP contribution in [-0.4, -0.2) is 64.0 Å². The SMILES string of the molecule is CCNCOc1cc(OC)c2c3c1C(CNC1CCCCC1)Nc1cc4c(c(c1-3)CC2)C(O)C(c1cc(OC)c(O)c(OC)c1)CO4. The number of ether oxygens (including phenoxy) is 5. The Morgan fingerprint density at radius 3 is 2.30 bits per heavy atom. The third kappa shape index (κ3) is 5.60. The molecule has 2 aliphatic heterocycles. The van der Waals surface area contributed by atoms with Crippen molar-refractivity contribution in [3.8, 4) is 45.6 Å². The van der Waals surface area contributed by atoms with E-state index in [-0.39, 0.29) is 29.9 Å². The molecule has 2 heterocycles. The number of rotatable bonds is 11. The van der Waals surface area contributed by atoms with Gasteiger partial charge >= 0.3 is 0 Å². The molecular weight excluding hydrogens is 598 g/mol. The maximum absolute atomic E-state index is 12.1. The highest BCUT2D eigenvalue weighted by Crippen LogP contribution is 2.57. The molecule has 47 heavy (non-hydrogen) atoms. The number of phenolic OH excluding ortho intramolecular Hbond substituents is 1. The monoisotopic (exact) mass is 645 g/mol. The predicted molar refractivity (Wildman–Crippen MR) is 181 cm³/mol. The van der Waals surface area contributed by atoms with Crippen molar-refractivity contribution in [2.75, 3.05) is 53.1 Å². The largest absolute Gasteiger partial charge is 0.502 e.